The maximum Gasteiger partial charge on any atom is 0.289 e. The lowest BCUT2D eigenvalue weighted by Gasteiger charge is -2.22. The Morgan fingerprint density at radius 2 is 2.40 bits per heavy atom. The Bertz CT molecular complexity index is 304. The average Bonchev–Trinajstić information content (AvgIpc) is 2.81. The second kappa shape index (κ2) is 4.93. The van der Waals surface area contributed by atoms with Crippen LogP contribution in [0.15, 0.2) is 16.8 Å². The highest BCUT2D eigenvalue weighted by Gasteiger charge is 2.15. The Hall–Kier alpha value is -1.36. The monoisotopic (exact) mass is 209 g/mol. The molecule has 82 valence electrons. The topological polar surface area (TPSA) is 67.2 Å². The van der Waals surface area contributed by atoms with Crippen molar-refractivity contribution in [2.45, 2.75) is 12.8 Å². The summed E-state index contributed by atoms with van der Waals surface area (Å²) in [6, 6.07) is 1.57. The Morgan fingerprint density at radius 3 is 3.07 bits per heavy atom. The smallest absolute Gasteiger partial charge is 0.289 e. The van der Waals surface area contributed by atoms with E-state index in [9.17, 15) is 4.79 Å². The molecule has 1 aliphatic rings. The van der Waals surface area contributed by atoms with Crippen molar-refractivity contribution in [1.82, 2.24) is 15.8 Å². The van der Waals surface area contributed by atoms with Crippen LogP contribution >= 0.6 is 0 Å². The normalized spacial score (nSPS) is 17.6. The van der Waals surface area contributed by atoms with Crippen LogP contribution in [0.25, 0.3) is 0 Å². The molecule has 0 spiro atoms. The van der Waals surface area contributed by atoms with E-state index in [0.717, 1.165) is 32.5 Å². The van der Waals surface area contributed by atoms with Gasteiger partial charge in [-0.2, -0.15) is 0 Å². The van der Waals surface area contributed by atoms with Gasteiger partial charge in [0.05, 0.1) is 6.20 Å². The van der Waals surface area contributed by atoms with Gasteiger partial charge in [0.1, 0.15) is 0 Å². The lowest BCUT2D eigenvalue weighted by molar-refractivity contribution is 0.0907. The molecular formula is C10H15N3O2. The predicted molar refractivity (Wildman–Crippen MR) is 54.4 cm³/mol. The second-order valence-corrected chi connectivity index (χ2v) is 3.78. The first-order valence-corrected chi connectivity index (χ1v) is 5.26. The fraction of sp³-hybridized carbons (Fsp3) is 0.600. The molecule has 2 rings (SSSR count). The number of hydrogen-bond acceptors (Lipinski definition) is 4. The minimum Gasteiger partial charge on any atom is -0.351 e. The van der Waals surface area contributed by atoms with Gasteiger partial charge in [-0.05, 0) is 31.8 Å². The summed E-state index contributed by atoms with van der Waals surface area (Å²) < 4.78 is 4.76. The number of hydrogen-bond donors (Lipinski definition) is 2. The molecule has 1 aromatic heterocycles. The summed E-state index contributed by atoms with van der Waals surface area (Å²) in [7, 11) is 0. The predicted octanol–water partition coefficient (Wildman–Crippen LogP) is 0.404. The van der Waals surface area contributed by atoms with Crippen molar-refractivity contribution >= 4 is 5.91 Å². The van der Waals surface area contributed by atoms with Crippen LogP contribution in [-0.4, -0.2) is 30.7 Å². The number of rotatable bonds is 3. The molecule has 1 aromatic rings. The van der Waals surface area contributed by atoms with Crippen LogP contribution in [0.3, 0.4) is 0 Å². The molecule has 2 heterocycles. The van der Waals surface area contributed by atoms with E-state index in [1.54, 1.807) is 6.07 Å². The van der Waals surface area contributed by atoms with E-state index in [-0.39, 0.29) is 11.7 Å². The van der Waals surface area contributed by atoms with E-state index in [0.29, 0.717) is 5.92 Å². The Balaban J connectivity index is 1.75. The van der Waals surface area contributed by atoms with Gasteiger partial charge in [0.25, 0.3) is 5.91 Å². The van der Waals surface area contributed by atoms with Crippen molar-refractivity contribution in [3.63, 3.8) is 0 Å². The van der Waals surface area contributed by atoms with Crippen LogP contribution in [0.4, 0.5) is 0 Å². The third kappa shape index (κ3) is 2.79. The first-order chi connectivity index (χ1) is 7.36. The third-order valence-electron chi connectivity index (χ3n) is 2.67. The second-order valence-electron chi connectivity index (χ2n) is 3.78. The van der Waals surface area contributed by atoms with E-state index in [2.05, 4.69) is 15.8 Å². The molecule has 0 aromatic carbocycles. The Morgan fingerprint density at radius 1 is 1.60 bits per heavy atom. The third-order valence-corrected chi connectivity index (χ3v) is 2.67. The molecule has 5 heteroatoms. The van der Waals surface area contributed by atoms with Gasteiger partial charge in [0.15, 0.2) is 0 Å². The number of carbonyl (C=O) groups excluding carboxylic acids is 1. The van der Waals surface area contributed by atoms with Crippen LogP contribution in [0, 0.1) is 5.92 Å². The van der Waals surface area contributed by atoms with Gasteiger partial charge in [-0.25, -0.2) is 0 Å². The van der Waals surface area contributed by atoms with Gasteiger partial charge >= 0.3 is 0 Å². The summed E-state index contributed by atoms with van der Waals surface area (Å²) >= 11 is 0. The number of piperidine rings is 1. The van der Waals surface area contributed by atoms with Crippen LogP contribution in [0.2, 0.25) is 0 Å². The molecule has 0 saturated carbocycles. The largest absolute Gasteiger partial charge is 0.351 e. The quantitative estimate of drug-likeness (QED) is 0.756. The summed E-state index contributed by atoms with van der Waals surface area (Å²) in [6.07, 6.45) is 3.72. The number of amides is 1. The standard InChI is InChI=1S/C10H15N3O2/c14-10(9-3-6-13-15-9)12-7-8-1-4-11-5-2-8/h3,6,8,11H,1-2,4-5,7H2,(H,12,14). The van der Waals surface area contributed by atoms with Gasteiger partial charge in [0.2, 0.25) is 5.76 Å². The molecular weight excluding hydrogens is 194 g/mol. The van der Waals surface area contributed by atoms with Crippen LogP contribution in [0.5, 0.6) is 0 Å². The SMILES string of the molecule is O=C(NCC1CCNCC1)c1ccno1. The lowest BCUT2D eigenvalue weighted by atomic mass is 9.98. The zero-order valence-electron chi connectivity index (χ0n) is 8.53. The van der Waals surface area contributed by atoms with Crippen molar-refractivity contribution in [3.05, 3.63) is 18.0 Å². The zero-order valence-corrected chi connectivity index (χ0v) is 8.53. The van der Waals surface area contributed by atoms with Crippen molar-refractivity contribution in [2.24, 2.45) is 5.92 Å². The molecule has 1 saturated heterocycles. The van der Waals surface area contributed by atoms with Crippen LogP contribution < -0.4 is 10.6 Å². The highest BCUT2D eigenvalue weighted by molar-refractivity contribution is 5.91. The molecule has 15 heavy (non-hydrogen) atoms. The molecule has 5 nitrogen and oxygen atoms in total. The molecule has 2 N–H and O–H groups in total. The first kappa shape index (κ1) is 10.2. The van der Waals surface area contributed by atoms with Crippen molar-refractivity contribution in [3.8, 4) is 0 Å². The number of nitrogens with one attached hydrogen (secondary N) is 2. The number of nitrogens with zero attached hydrogens (tertiary/aromatic N) is 1. The molecule has 0 bridgehead atoms. The molecule has 0 radical (unpaired) electrons. The van der Waals surface area contributed by atoms with Crippen molar-refractivity contribution < 1.29 is 9.32 Å². The van der Waals surface area contributed by atoms with E-state index in [1.807, 2.05) is 0 Å². The fourth-order valence-electron chi connectivity index (χ4n) is 1.74. The van der Waals surface area contributed by atoms with Gasteiger partial charge in [-0.1, -0.05) is 5.16 Å². The van der Waals surface area contributed by atoms with Gasteiger partial charge in [-0.15, -0.1) is 0 Å². The summed E-state index contributed by atoms with van der Waals surface area (Å²) in [5.41, 5.74) is 0. The summed E-state index contributed by atoms with van der Waals surface area (Å²) in [5.74, 6) is 0.688. The zero-order chi connectivity index (χ0) is 10.5. The minimum absolute atomic E-state index is 0.175. The molecule has 0 atom stereocenters. The highest BCUT2D eigenvalue weighted by Crippen LogP contribution is 2.10. The van der Waals surface area contributed by atoms with Gasteiger partial charge in [-0.3, -0.25) is 4.79 Å². The van der Waals surface area contributed by atoms with Crippen LogP contribution in [-0.2, 0) is 0 Å². The van der Waals surface area contributed by atoms with Crippen molar-refractivity contribution in [1.29, 1.82) is 0 Å². The van der Waals surface area contributed by atoms with Gasteiger partial charge in [0, 0.05) is 12.6 Å². The summed E-state index contributed by atoms with van der Waals surface area (Å²) in [4.78, 5) is 11.5. The van der Waals surface area contributed by atoms with E-state index in [1.165, 1.54) is 6.20 Å². The highest BCUT2D eigenvalue weighted by atomic mass is 16.5. The van der Waals surface area contributed by atoms with E-state index >= 15 is 0 Å². The van der Waals surface area contributed by atoms with E-state index < -0.39 is 0 Å². The number of carbonyl (C=O) groups is 1. The molecule has 1 amide bonds. The molecule has 0 aliphatic carbocycles. The average molecular weight is 209 g/mol. The maximum atomic E-state index is 11.5. The molecule has 1 fully saturated rings. The fourth-order valence-corrected chi connectivity index (χ4v) is 1.74. The summed E-state index contributed by atoms with van der Waals surface area (Å²) in [5, 5.41) is 9.64. The Labute approximate surface area is 88.2 Å². The van der Waals surface area contributed by atoms with E-state index in [4.69, 9.17) is 4.52 Å². The molecule has 0 unspecified atom stereocenters. The maximum absolute atomic E-state index is 11.5. The minimum atomic E-state index is -0.175. The number of aromatic nitrogens is 1. The Kier molecular flexibility index (Phi) is 3.34. The first-order valence-electron chi connectivity index (χ1n) is 5.26. The molecule has 1 aliphatic heterocycles. The van der Waals surface area contributed by atoms with Crippen molar-refractivity contribution in [2.75, 3.05) is 19.6 Å². The summed E-state index contributed by atoms with van der Waals surface area (Å²) in [6.45, 7) is 2.81. The van der Waals surface area contributed by atoms with Gasteiger partial charge < -0.3 is 15.2 Å². The van der Waals surface area contributed by atoms with Crippen LogP contribution in [0.1, 0.15) is 23.4 Å². The lowest BCUT2D eigenvalue weighted by Crippen LogP contribution is -2.35.